The lowest BCUT2D eigenvalue weighted by Gasteiger charge is -2.25. The van der Waals surface area contributed by atoms with Crippen LogP contribution in [0.5, 0.6) is 0 Å². The molecule has 0 saturated carbocycles. The minimum atomic E-state index is -0.922. The molecule has 1 fully saturated rings. The van der Waals surface area contributed by atoms with Crippen LogP contribution in [0.25, 0.3) is 0 Å². The number of rotatable bonds is 5. The standard InChI is InChI=1S/C21H28N4O4/c1-21(2,3)29-20(28)25-17(12-14-7-9-15(13-22)10-8-14)19(27)24-16-6-4-5-11-23-18(16)26/h7-10,16-17H,4-6,11-12H2,1-3H3,(H,23,26)(H,24,27)(H,25,28)/t16?,17-/m0/s1. The van der Waals surface area contributed by atoms with Crippen LogP contribution in [-0.4, -0.2) is 42.1 Å². The first-order valence-corrected chi connectivity index (χ1v) is 9.74. The van der Waals surface area contributed by atoms with Crippen LogP contribution in [0, 0.1) is 11.3 Å². The fraction of sp³-hybridized carbons (Fsp3) is 0.524. The minimum Gasteiger partial charge on any atom is -0.444 e. The number of hydrogen-bond donors (Lipinski definition) is 3. The maximum absolute atomic E-state index is 12.9. The summed E-state index contributed by atoms with van der Waals surface area (Å²) in [5.74, 6) is -0.674. The summed E-state index contributed by atoms with van der Waals surface area (Å²) in [5, 5.41) is 17.1. The summed E-state index contributed by atoms with van der Waals surface area (Å²) < 4.78 is 5.27. The molecule has 2 atom stereocenters. The van der Waals surface area contributed by atoms with E-state index in [1.165, 1.54) is 0 Å². The Kier molecular flexibility index (Phi) is 7.59. The van der Waals surface area contributed by atoms with Gasteiger partial charge in [-0.3, -0.25) is 9.59 Å². The molecule has 8 nitrogen and oxygen atoms in total. The van der Waals surface area contributed by atoms with E-state index in [2.05, 4.69) is 16.0 Å². The first-order chi connectivity index (χ1) is 13.7. The number of nitrogens with zero attached hydrogens (tertiary/aromatic N) is 1. The van der Waals surface area contributed by atoms with E-state index in [1.807, 2.05) is 6.07 Å². The molecule has 1 aromatic carbocycles. The average Bonchev–Trinajstić information content (AvgIpc) is 2.84. The van der Waals surface area contributed by atoms with E-state index < -0.39 is 29.7 Å². The number of carbonyl (C=O) groups excluding carboxylic acids is 3. The maximum atomic E-state index is 12.9. The van der Waals surface area contributed by atoms with E-state index in [-0.39, 0.29) is 12.3 Å². The van der Waals surface area contributed by atoms with E-state index in [4.69, 9.17) is 10.00 Å². The van der Waals surface area contributed by atoms with Gasteiger partial charge in [0.1, 0.15) is 17.7 Å². The Hall–Kier alpha value is -3.08. The number of nitrogens with one attached hydrogen (secondary N) is 3. The van der Waals surface area contributed by atoms with Gasteiger partial charge in [-0.25, -0.2) is 4.79 Å². The molecular weight excluding hydrogens is 372 g/mol. The number of alkyl carbamates (subject to hydrolysis) is 1. The molecule has 0 aliphatic carbocycles. The SMILES string of the molecule is CC(C)(C)OC(=O)N[C@@H](Cc1ccc(C#N)cc1)C(=O)NC1CCCCNC1=O. The summed E-state index contributed by atoms with van der Waals surface area (Å²) >= 11 is 0. The molecule has 0 spiro atoms. The van der Waals surface area contributed by atoms with E-state index >= 15 is 0 Å². The highest BCUT2D eigenvalue weighted by atomic mass is 16.6. The molecule has 29 heavy (non-hydrogen) atoms. The Morgan fingerprint density at radius 3 is 2.59 bits per heavy atom. The number of benzene rings is 1. The highest BCUT2D eigenvalue weighted by Gasteiger charge is 2.29. The molecule has 1 unspecified atom stereocenters. The highest BCUT2D eigenvalue weighted by molar-refractivity contribution is 5.91. The van der Waals surface area contributed by atoms with Crippen molar-refractivity contribution in [1.82, 2.24) is 16.0 Å². The number of carbonyl (C=O) groups is 3. The van der Waals surface area contributed by atoms with Crippen LogP contribution in [0.3, 0.4) is 0 Å². The Labute approximate surface area is 171 Å². The fourth-order valence-corrected chi connectivity index (χ4v) is 2.96. The van der Waals surface area contributed by atoms with Crippen molar-refractivity contribution in [3.8, 4) is 6.07 Å². The Bertz CT molecular complexity index is 777. The third kappa shape index (κ3) is 7.45. The van der Waals surface area contributed by atoms with Crippen molar-refractivity contribution < 1.29 is 19.1 Å². The van der Waals surface area contributed by atoms with Crippen molar-refractivity contribution in [3.63, 3.8) is 0 Å². The van der Waals surface area contributed by atoms with Gasteiger partial charge in [0.15, 0.2) is 0 Å². The first kappa shape index (κ1) is 22.2. The van der Waals surface area contributed by atoms with Gasteiger partial charge in [0.25, 0.3) is 0 Å². The van der Waals surface area contributed by atoms with Crippen LogP contribution in [0.1, 0.15) is 51.2 Å². The molecule has 1 aliphatic heterocycles. The second kappa shape index (κ2) is 9.92. The van der Waals surface area contributed by atoms with Gasteiger partial charge in [0, 0.05) is 13.0 Å². The lowest BCUT2D eigenvalue weighted by atomic mass is 10.0. The van der Waals surface area contributed by atoms with Gasteiger partial charge >= 0.3 is 6.09 Å². The zero-order valence-electron chi connectivity index (χ0n) is 17.1. The van der Waals surface area contributed by atoms with Crippen molar-refractivity contribution in [3.05, 3.63) is 35.4 Å². The molecule has 0 bridgehead atoms. The maximum Gasteiger partial charge on any atom is 0.408 e. The quantitative estimate of drug-likeness (QED) is 0.696. The van der Waals surface area contributed by atoms with Gasteiger partial charge in [-0.15, -0.1) is 0 Å². The van der Waals surface area contributed by atoms with Gasteiger partial charge in [0.05, 0.1) is 11.6 Å². The molecule has 0 aromatic heterocycles. The average molecular weight is 400 g/mol. The zero-order valence-corrected chi connectivity index (χ0v) is 17.1. The summed E-state index contributed by atoms with van der Waals surface area (Å²) in [4.78, 5) is 37.3. The monoisotopic (exact) mass is 400 g/mol. The second-order valence-electron chi connectivity index (χ2n) is 8.06. The number of ether oxygens (including phenoxy) is 1. The molecule has 1 saturated heterocycles. The smallest absolute Gasteiger partial charge is 0.408 e. The number of hydrogen-bond acceptors (Lipinski definition) is 5. The van der Waals surface area contributed by atoms with Crippen LogP contribution in [0.15, 0.2) is 24.3 Å². The number of nitriles is 1. The van der Waals surface area contributed by atoms with Crippen LogP contribution in [-0.2, 0) is 20.7 Å². The topological polar surface area (TPSA) is 120 Å². The normalized spacial score (nSPS) is 17.9. The van der Waals surface area contributed by atoms with Crippen molar-refractivity contribution in [2.75, 3.05) is 6.54 Å². The van der Waals surface area contributed by atoms with Gasteiger partial charge in [0.2, 0.25) is 11.8 Å². The Balaban J connectivity index is 2.13. The van der Waals surface area contributed by atoms with Gasteiger partial charge in [-0.2, -0.15) is 5.26 Å². The summed E-state index contributed by atoms with van der Waals surface area (Å²) in [6.07, 6.45) is 1.72. The van der Waals surface area contributed by atoms with Crippen LogP contribution >= 0.6 is 0 Å². The van der Waals surface area contributed by atoms with E-state index in [1.54, 1.807) is 45.0 Å². The molecule has 3 N–H and O–H groups in total. The van der Waals surface area contributed by atoms with E-state index in [9.17, 15) is 14.4 Å². The van der Waals surface area contributed by atoms with Gasteiger partial charge in [-0.1, -0.05) is 12.1 Å². The second-order valence-corrected chi connectivity index (χ2v) is 8.06. The minimum absolute atomic E-state index is 0.200. The summed E-state index contributed by atoms with van der Waals surface area (Å²) in [6.45, 7) is 5.80. The van der Waals surface area contributed by atoms with Gasteiger partial charge < -0.3 is 20.7 Å². The van der Waals surface area contributed by atoms with Crippen LogP contribution < -0.4 is 16.0 Å². The molecule has 156 valence electrons. The predicted octanol–water partition coefficient (Wildman–Crippen LogP) is 1.78. The van der Waals surface area contributed by atoms with Crippen molar-refractivity contribution in [2.45, 2.75) is 64.1 Å². The third-order valence-corrected chi connectivity index (χ3v) is 4.38. The molecule has 1 heterocycles. The third-order valence-electron chi connectivity index (χ3n) is 4.38. The Morgan fingerprint density at radius 2 is 1.97 bits per heavy atom. The lowest BCUT2D eigenvalue weighted by molar-refractivity contribution is -0.129. The number of amides is 3. The summed E-state index contributed by atoms with van der Waals surface area (Å²) in [5.41, 5.74) is 0.566. The fourth-order valence-electron chi connectivity index (χ4n) is 2.96. The largest absolute Gasteiger partial charge is 0.444 e. The predicted molar refractivity (Wildman–Crippen MR) is 107 cm³/mol. The zero-order chi connectivity index (χ0) is 21.4. The molecule has 2 rings (SSSR count). The first-order valence-electron chi connectivity index (χ1n) is 9.74. The molecule has 1 aliphatic rings. The van der Waals surface area contributed by atoms with Crippen LogP contribution in [0.4, 0.5) is 4.79 Å². The molecule has 3 amide bonds. The summed E-state index contributed by atoms with van der Waals surface area (Å²) in [7, 11) is 0. The van der Waals surface area contributed by atoms with Crippen molar-refractivity contribution in [1.29, 1.82) is 5.26 Å². The van der Waals surface area contributed by atoms with Crippen molar-refractivity contribution in [2.24, 2.45) is 0 Å². The lowest BCUT2D eigenvalue weighted by Crippen LogP contribution is -2.54. The van der Waals surface area contributed by atoms with E-state index in [0.29, 0.717) is 18.5 Å². The van der Waals surface area contributed by atoms with E-state index in [0.717, 1.165) is 18.4 Å². The van der Waals surface area contributed by atoms with Crippen LogP contribution in [0.2, 0.25) is 0 Å². The highest BCUT2D eigenvalue weighted by Crippen LogP contribution is 2.11. The molecular formula is C21H28N4O4. The molecule has 1 aromatic rings. The molecule has 0 radical (unpaired) electrons. The van der Waals surface area contributed by atoms with Gasteiger partial charge in [-0.05, 0) is 57.7 Å². The Morgan fingerprint density at radius 1 is 1.28 bits per heavy atom. The molecule has 8 heteroatoms. The summed E-state index contributed by atoms with van der Waals surface area (Å²) in [6, 6.07) is 7.25. The van der Waals surface area contributed by atoms with Crippen molar-refractivity contribution >= 4 is 17.9 Å².